The van der Waals surface area contributed by atoms with E-state index in [0.717, 1.165) is 26.1 Å². The number of furan rings is 1. The van der Waals surface area contributed by atoms with Crippen molar-refractivity contribution in [1.29, 1.82) is 0 Å². The Hall–Kier alpha value is -1.29. The molecule has 1 unspecified atom stereocenters. The molecule has 0 bridgehead atoms. The number of carbonyl (C=O) groups is 1. The Morgan fingerprint density at radius 3 is 3.00 bits per heavy atom. The summed E-state index contributed by atoms with van der Waals surface area (Å²) < 4.78 is 5.14. The summed E-state index contributed by atoms with van der Waals surface area (Å²) in [5.41, 5.74) is 0. The number of amides is 1. The van der Waals surface area contributed by atoms with Crippen molar-refractivity contribution in [3.63, 3.8) is 0 Å². The highest BCUT2D eigenvalue weighted by Gasteiger charge is 2.27. The minimum atomic E-state index is 0.0107. The molecular weight excluding hydrogens is 204 g/mol. The van der Waals surface area contributed by atoms with Crippen LogP contribution in [-0.4, -0.2) is 48.4 Å². The first-order valence-electron chi connectivity index (χ1n) is 5.75. The average molecular weight is 222 g/mol. The molecule has 0 spiro atoms. The summed E-state index contributed by atoms with van der Waals surface area (Å²) >= 11 is 0. The van der Waals surface area contributed by atoms with Crippen molar-refractivity contribution in [2.75, 3.05) is 26.7 Å². The predicted octanol–water partition coefficient (Wildman–Crippen LogP) is 1.45. The molecule has 0 aliphatic carbocycles. The first-order chi connectivity index (χ1) is 7.72. The quantitative estimate of drug-likeness (QED) is 0.760. The number of likely N-dealkylation sites (N-methyl/N-ethyl adjacent to an activating group) is 1. The van der Waals surface area contributed by atoms with E-state index in [9.17, 15) is 4.79 Å². The second-order valence-corrected chi connectivity index (χ2v) is 4.27. The van der Waals surface area contributed by atoms with Crippen LogP contribution < -0.4 is 0 Å². The second kappa shape index (κ2) is 4.70. The van der Waals surface area contributed by atoms with Gasteiger partial charge in [-0.2, -0.15) is 0 Å². The number of carbonyl (C=O) groups excluding carboxylic acids is 1. The number of nitrogens with zero attached hydrogens (tertiary/aromatic N) is 2. The summed E-state index contributed by atoms with van der Waals surface area (Å²) in [5, 5.41) is 0. The molecule has 2 heterocycles. The zero-order valence-corrected chi connectivity index (χ0v) is 9.85. The van der Waals surface area contributed by atoms with Crippen LogP contribution in [0.5, 0.6) is 0 Å². The molecule has 1 atom stereocenters. The first kappa shape index (κ1) is 11.2. The van der Waals surface area contributed by atoms with Crippen molar-refractivity contribution in [3.05, 3.63) is 24.2 Å². The lowest BCUT2D eigenvalue weighted by Crippen LogP contribution is -2.52. The van der Waals surface area contributed by atoms with Gasteiger partial charge in [0.25, 0.3) is 5.91 Å². The zero-order valence-electron chi connectivity index (χ0n) is 9.85. The lowest BCUT2D eigenvalue weighted by atomic mass is 10.1. The van der Waals surface area contributed by atoms with Gasteiger partial charge >= 0.3 is 0 Å². The van der Waals surface area contributed by atoms with Crippen molar-refractivity contribution in [3.8, 4) is 0 Å². The van der Waals surface area contributed by atoms with Gasteiger partial charge in [-0.15, -0.1) is 0 Å². The zero-order chi connectivity index (χ0) is 11.5. The molecular formula is C12H18N2O2. The maximum atomic E-state index is 12.0. The van der Waals surface area contributed by atoms with Gasteiger partial charge in [-0.1, -0.05) is 6.92 Å². The van der Waals surface area contributed by atoms with Gasteiger partial charge in [0.15, 0.2) is 5.76 Å². The van der Waals surface area contributed by atoms with Crippen LogP contribution in [0.2, 0.25) is 0 Å². The number of piperazine rings is 1. The van der Waals surface area contributed by atoms with Crippen molar-refractivity contribution < 1.29 is 9.21 Å². The van der Waals surface area contributed by atoms with E-state index in [0.29, 0.717) is 11.8 Å². The van der Waals surface area contributed by atoms with Crippen LogP contribution in [0, 0.1) is 0 Å². The highest BCUT2D eigenvalue weighted by Crippen LogP contribution is 2.14. The van der Waals surface area contributed by atoms with Crippen LogP contribution >= 0.6 is 0 Å². The Kier molecular flexibility index (Phi) is 3.29. The molecule has 4 heteroatoms. The van der Waals surface area contributed by atoms with Crippen molar-refractivity contribution in [2.24, 2.45) is 0 Å². The Morgan fingerprint density at radius 2 is 2.38 bits per heavy atom. The molecule has 16 heavy (non-hydrogen) atoms. The van der Waals surface area contributed by atoms with E-state index in [4.69, 9.17) is 4.42 Å². The normalized spacial score (nSPS) is 22.4. The Balaban J connectivity index is 2.03. The minimum Gasteiger partial charge on any atom is -0.459 e. The molecule has 0 aromatic carbocycles. The van der Waals surface area contributed by atoms with Gasteiger partial charge in [-0.05, 0) is 25.6 Å². The lowest BCUT2D eigenvalue weighted by Gasteiger charge is -2.38. The maximum Gasteiger partial charge on any atom is 0.289 e. The topological polar surface area (TPSA) is 36.7 Å². The fourth-order valence-electron chi connectivity index (χ4n) is 2.13. The van der Waals surface area contributed by atoms with Crippen LogP contribution in [-0.2, 0) is 0 Å². The van der Waals surface area contributed by atoms with Gasteiger partial charge in [0.05, 0.1) is 6.26 Å². The number of rotatable bonds is 2. The van der Waals surface area contributed by atoms with Crippen LogP contribution in [0.3, 0.4) is 0 Å². The molecule has 1 amide bonds. The van der Waals surface area contributed by atoms with Gasteiger partial charge < -0.3 is 9.32 Å². The van der Waals surface area contributed by atoms with Gasteiger partial charge in [-0.3, -0.25) is 9.69 Å². The fraction of sp³-hybridized carbons (Fsp3) is 0.583. The highest BCUT2D eigenvalue weighted by atomic mass is 16.3. The van der Waals surface area contributed by atoms with Crippen LogP contribution in [0.4, 0.5) is 0 Å². The number of hydrogen-bond donors (Lipinski definition) is 0. The number of hydrogen-bond acceptors (Lipinski definition) is 3. The van der Waals surface area contributed by atoms with E-state index < -0.39 is 0 Å². The molecule has 1 aliphatic heterocycles. The monoisotopic (exact) mass is 222 g/mol. The SMILES string of the molecule is CCC1CN(C(=O)c2ccco2)CCN1C. The maximum absolute atomic E-state index is 12.0. The van der Waals surface area contributed by atoms with Gasteiger partial charge in [0, 0.05) is 25.7 Å². The summed E-state index contributed by atoms with van der Waals surface area (Å²) in [6.45, 7) is 4.67. The van der Waals surface area contributed by atoms with E-state index in [2.05, 4.69) is 18.9 Å². The molecule has 1 aromatic rings. The third-order valence-electron chi connectivity index (χ3n) is 3.27. The van der Waals surface area contributed by atoms with Crippen LogP contribution in [0.15, 0.2) is 22.8 Å². The molecule has 4 nitrogen and oxygen atoms in total. The van der Waals surface area contributed by atoms with Crippen molar-refractivity contribution >= 4 is 5.91 Å². The minimum absolute atomic E-state index is 0.0107. The molecule has 1 aliphatic rings. The Morgan fingerprint density at radius 1 is 1.56 bits per heavy atom. The second-order valence-electron chi connectivity index (χ2n) is 4.27. The third kappa shape index (κ3) is 2.11. The summed E-state index contributed by atoms with van der Waals surface area (Å²) in [7, 11) is 2.11. The third-order valence-corrected chi connectivity index (χ3v) is 3.27. The van der Waals surface area contributed by atoms with Crippen molar-refractivity contribution in [2.45, 2.75) is 19.4 Å². The fourth-order valence-corrected chi connectivity index (χ4v) is 2.13. The summed E-state index contributed by atoms with van der Waals surface area (Å²) in [5.74, 6) is 0.455. The van der Waals surface area contributed by atoms with Crippen molar-refractivity contribution in [1.82, 2.24) is 9.80 Å². The van der Waals surface area contributed by atoms with Crippen LogP contribution in [0.1, 0.15) is 23.9 Å². The molecule has 88 valence electrons. The van der Waals surface area contributed by atoms with E-state index >= 15 is 0 Å². The van der Waals surface area contributed by atoms with Gasteiger partial charge in [-0.25, -0.2) is 0 Å². The standard InChI is InChI=1S/C12H18N2O2/c1-3-10-9-14(7-6-13(10)2)12(15)11-5-4-8-16-11/h4-5,8,10H,3,6-7,9H2,1-2H3. The Labute approximate surface area is 95.8 Å². The molecule has 0 radical (unpaired) electrons. The molecule has 0 saturated carbocycles. The molecule has 2 rings (SSSR count). The lowest BCUT2D eigenvalue weighted by molar-refractivity contribution is 0.0513. The summed E-state index contributed by atoms with van der Waals surface area (Å²) in [6.07, 6.45) is 2.61. The average Bonchev–Trinajstić information content (AvgIpc) is 2.82. The summed E-state index contributed by atoms with van der Waals surface area (Å²) in [4.78, 5) is 16.2. The smallest absolute Gasteiger partial charge is 0.289 e. The molecule has 1 fully saturated rings. The largest absolute Gasteiger partial charge is 0.459 e. The van der Waals surface area contributed by atoms with Gasteiger partial charge in [0.1, 0.15) is 0 Å². The predicted molar refractivity (Wildman–Crippen MR) is 61.3 cm³/mol. The van der Waals surface area contributed by atoms with E-state index in [1.165, 1.54) is 0 Å². The summed E-state index contributed by atoms with van der Waals surface area (Å²) in [6, 6.07) is 3.94. The van der Waals surface area contributed by atoms with E-state index in [1.807, 2.05) is 4.90 Å². The van der Waals surface area contributed by atoms with Gasteiger partial charge in [0.2, 0.25) is 0 Å². The molecule has 1 aromatic heterocycles. The highest BCUT2D eigenvalue weighted by molar-refractivity contribution is 5.91. The molecule has 1 saturated heterocycles. The molecule has 0 N–H and O–H groups in total. The first-order valence-corrected chi connectivity index (χ1v) is 5.75. The Bertz CT molecular complexity index is 348. The van der Waals surface area contributed by atoms with E-state index in [-0.39, 0.29) is 5.91 Å². The van der Waals surface area contributed by atoms with Crippen LogP contribution in [0.25, 0.3) is 0 Å². The van der Waals surface area contributed by atoms with E-state index in [1.54, 1.807) is 18.4 Å².